The largest absolute Gasteiger partial charge is 0.670 e. The van der Waals surface area contributed by atoms with E-state index in [1.165, 1.54) is 20.8 Å². The topological polar surface area (TPSA) is 512 Å². The van der Waals surface area contributed by atoms with Crippen LogP contribution in [0, 0.1) is 93.5 Å². The van der Waals surface area contributed by atoms with E-state index in [2.05, 4.69) is 0 Å². The van der Waals surface area contributed by atoms with Crippen LogP contribution in [-0.4, -0.2) is 328 Å². The van der Waals surface area contributed by atoms with Crippen LogP contribution < -0.4 is 0 Å². The molecule has 7 heterocycles. The van der Waals surface area contributed by atoms with Crippen molar-refractivity contribution in [2.75, 3.05) is 26.4 Å². The van der Waals surface area contributed by atoms with E-state index in [-0.39, 0.29) is 88.1 Å². The molecule has 0 aliphatic carbocycles. The van der Waals surface area contributed by atoms with Crippen molar-refractivity contribution in [2.45, 2.75) is 256 Å². The molecule has 0 bridgehead atoms. The molecule has 0 amide bonds. The Morgan fingerprint density at radius 2 is 0.637 bits per heavy atom. The van der Waals surface area contributed by atoms with E-state index in [1.54, 1.807) is 20.8 Å². The fourth-order valence-electron chi connectivity index (χ4n) is 10.6. The summed E-state index contributed by atoms with van der Waals surface area (Å²) in [6.07, 6.45) is -58.2. The first-order valence-electron chi connectivity index (χ1n) is 25.8. The average molecular weight is 1600 g/mol. The van der Waals surface area contributed by atoms with Gasteiger partial charge in [-0.05, 0) is 26.2 Å². The van der Waals surface area contributed by atoms with Crippen LogP contribution in [0.4, 0.5) is 0 Å². The summed E-state index contributed by atoms with van der Waals surface area (Å²) in [6, 6.07) is -3.50. The van der Waals surface area contributed by atoms with E-state index in [1.807, 2.05) is 0 Å². The minimum Gasteiger partial charge on any atom is -0.670 e. The van der Waals surface area contributed by atoms with Gasteiger partial charge in [-0.25, -0.2) is 0 Å². The van der Waals surface area contributed by atoms with Gasteiger partial charge in [0.05, 0.1) is 56.9 Å². The second-order valence-electron chi connectivity index (χ2n) is 22.0. The van der Waals surface area contributed by atoms with Gasteiger partial charge in [0.1, 0.15) is 134 Å². The van der Waals surface area contributed by atoms with Gasteiger partial charge in [-0.3, -0.25) is 0 Å². The van der Waals surface area contributed by atoms with Crippen molar-refractivity contribution < 1.29 is 237 Å². The van der Waals surface area contributed by atoms with Gasteiger partial charge in [0.2, 0.25) is 0 Å². The van der Waals surface area contributed by atoms with Crippen LogP contribution in [0.15, 0.2) is 0 Å². The molecule has 7 aliphatic rings. The first-order chi connectivity index (χ1) is 36.6. The van der Waals surface area contributed by atoms with E-state index < -0.39 is 246 Å². The number of hydrogen-bond acceptors (Lipinski definition) is 30. The van der Waals surface area contributed by atoms with Crippen LogP contribution in [0.5, 0.6) is 0 Å². The molecule has 7 aliphatic heterocycles. The summed E-state index contributed by atoms with van der Waals surface area (Å²) in [4.78, 5) is 0. The monoisotopic (exact) mass is 1590 g/mol. The molecule has 34 heteroatoms. The third kappa shape index (κ3) is 15.2. The molecule has 0 spiro atoms. The summed E-state index contributed by atoms with van der Waals surface area (Å²) in [7, 11) is 0. The summed E-state index contributed by atoms with van der Waals surface area (Å²) < 4.78 is 77.5. The maximum Gasteiger partial charge on any atom is 0.187 e. The molecule has 7 rings (SSSR count). The van der Waals surface area contributed by atoms with Crippen LogP contribution in [0.2, 0.25) is 0 Å². The summed E-state index contributed by atoms with van der Waals surface area (Å²) in [6.45, 7) is 5.37. The zero-order valence-electron chi connectivity index (χ0n) is 44.6. The van der Waals surface area contributed by atoms with E-state index in [4.69, 9.17) is 61.6 Å². The Morgan fingerprint density at radius 1 is 0.312 bits per heavy atom. The van der Waals surface area contributed by atoms with Crippen molar-refractivity contribution in [2.24, 2.45) is 5.41 Å². The van der Waals surface area contributed by atoms with E-state index in [0.717, 1.165) is 0 Å². The maximum atomic E-state index is 12.1. The molecule has 0 aromatic carbocycles. The summed E-state index contributed by atoms with van der Waals surface area (Å²) in [5, 5.41) is 184. The molecule has 462 valence electrons. The van der Waals surface area contributed by atoms with Crippen LogP contribution >= 0.6 is 0 Å². The predicted octanol–water partition coefficient (Wildman–Crippen LogP) is -8.98. The Labute approximate surface area is 531 Å². The summed E-state index contributed by atoms with van der Waals surface area (Å²) >= 11 is 0. The second kappa shape index (κ2) is 30.4. The number of aliphatic hydroxyl groups excluding tert-OH is 17. The quantitative estimate of drug-likeness (QED) is 0.0682. The Kier molecular flexibility index (Phi) is 27.5. The standard InChI is InChI=1S/C46H80N2O30.2Ac/c1-11-20(53)25(58)29(62)41(66-11)75-35-18(47)39(46(4,5)6)69-16(9-51)33(35)73-44-32(65)37(24(57)15(8-50)70-44)77-40-19(48)36(76-42-30(63)26(59)21(54)12(2)67-42)34(17(10-52)72-40)74-45-38(28(61)23(56)14(7-49)71-45)78-43-31(64)27(60)22(55)13(3)68-43;;/h11-45,47-65H,7-10H2,1-6H3;;/q-2;;/t11?,12?,13?,14?,15?,16?,17?,18?,19?,20-,21-,22-,23+,24+,25?,26?,27?,28?,29?,30?,31?,32?,33-,34-,35?,36?,37?,38?,39-,40+,41+,42+,43+,44+,45+;;/m1../s1. The molecule has 0 aromatic rings. The van der Waals surface area contributed by atoms with Gasteiger partial charge in [0.25, 0.3) is 0 Å². The molecule has 7 saturated heterocycles. The Morgan fingerprint density at radius 3 is 1.06 bits per heavy atom. The molecule has 35 atom stereocenters. The van der Waals surface area contributed by atoms with Crippen molar-refractivity contribution in [3.8, 4) is 0 Å². The molecule has 21 unspecified atom stereocenters. The first-order valence-corrected chi connectivity index (χ1v) is 25.8. The minimum atomic E-state index is -2.19. The van der Waals surface area contributed by atoms with Gasteiger partial charge >= 0.3 is 0 Å². The molecular formula is C46H80Ac2N2O30-2. The number of rotatable bonds is 16. The fourth-order valence-corrected chi connectivity index (χ4v) is 10.6. The van der Waals surface area contributed by atoms with Gasteiger partial charge in [0, 0.05) is 94.2 Å². The van der Waals surface area contributed by atoms with E-state index in [9.17, 15) is 98.3 Å². The maximum absolute atomic E-state index is 12.1. The smallest absolute Gasteiger partial charge is 0.187 e. The number of aliphatic hydroxyl groups is 17. The zero-order chi connectivity index (χ0) is 57.7. The Hall–Kier alpha value is 1.60. The van der Waals surface area contributed by atoms with Crippen LogP contribution in [0.1, 0.15) is 41.5 Å². The minimum absolute atomic E-state index is 0. The van der Waals surface area contributed by atoms with Crippen molar-refractivity contribution >= 4 is 0 Å². The third-order valence-corrected chi connectivity index (χ3v) is 15.4. The molecule has 32 nitrogen and oxygen atoms in total. The number of nitrogens with one attached hydrogen (secondary N) is 2. The van der Waals surface area contributed by atoms with Crippen LogP contribution in [0.3, 0.4) is 0 Å². The molecule has 19 N–H and O–H groups in total. The molecule has 0 saturated carbocycles. The second-order valence-corrected chi connectivity index (χ2v) is 22.0. The predicted molar refractivity (Wildman–Crippen MR) is 249 cm³/mol. The fraction of sp³-hybridized carbons (Fsp3) is 1.00. The van der Waals surface area contributed by atoms with Crippen molar-refractivity contribution in [1.82, 2.24) is 0 Å². The average Bonchev–Trinajstić information content (AvgIpc) is 3.57. The van der Waals surface area contributed by atoms with Gasteiger partial charge < -0.3 is 160 Å². The van der Waals surface area contributed by atoms with E-state index >= 15 is 0 Å². The molecule has 80 heavy (non-hydrogen) atoms. The SMILES string of the molecule is CC1O[C@@H](OC2C(O)[C@@H](O)C(CO)O[C@H]2O[C@@H]2C(CO)O[C@@H](OC3C(O)[C@H](O[C@@H]4C(CO)O[C@@H](C(C)(C)C)C([NH-])C4O[C@@H]4OC(C)[C@@H](O)C(O)C4O)OC(CO)[C@@H]3O)C([NH-])C2O[C@@H]2OC(C)[C@@H](O)C(O)C2O)C(O)C(O)[C@@H]1O.[Ac].[Ac]. The summed E-state index contributed by atoms with van der Waals surface area (Å²) in [5.41, 5.74) is 18.1. The van der Waals surface area contributed by atoms with Gasteiger partial charge in [-0.15, -0.1) is 0 Å². The number of hydrogen-bond donors (Lipinski definition) is 17. The zero-order valence-corrected chi connectivity index (χ0v) is 54.1. The Balaban J connectivity index is 0.00000588. The van der Waals surface area contributed by atoms with Gasteiger partial charge in [-0.1, -0.05) is 32.9 Å². The van der Waals surface area contributed by atoms with Gasteiger partial charge in [-0.2, -0.15) is 0 Å². The van der Waals surface area contributed by atoms with E-state index in [0.29, 0.717) is 0 Å². The number of ether oxygens (including phenoxy) is 13. The molecule has 7 fully saturated rings. The molecular weight excluding hydrogens is 1510 g/mol. The Bertz CT molecular complexity index is 1880. The van der Waals surface area contributed by atoms with Gasteiger partial charge in [0.15, 0.2) is 31.5 Å². The normalized spacial score (nSPS) is 52.4. The van der Waals surface area contributed by atoms with Crippen LogP contribution in [0.25, 0.3) is 11.5 Å². The molecule has 2 radical (unpaired) electrons. The van der Waals surface area contributed by atoms with Crippen molar-refractivity contribution in [3.05, 3.63) is 11.5 Å². The van der Waals surface area contributed by atoms with Crippen LogP contribution in [-0.2, 0) is 61.6 Å². The first kappa shape index (κ1) is 72.3. The van der Waals surface area contributed by atoms with Crippen molar-refractivity contribution in [3.63, 3.8) is 0 Å². The molecule has 0 aromatic heterocycles. The van der Waals surface area contributed by atoms with Crippen molar-refractivity contribution in [1.29, 1.82) is 0 Å². The summed E-state index contributed by atoms with van der Waals surface area (Å²) in [5.74, 6) is 0. The third-order valence-electron chi connectivity index (χ3n) is 15.4.